The van der Waals surface area contributed by atoms with Crippen molar-refractivity contribution in [2.45, 2.75) is 12.5 Å². The number of aliphatic carboxylic acids is 1. The third-order valence-corrected chi connectivity index (χ3v) is 3.33. The first-order valence-corrected chi connectivity index (χ1v) is 6.14. The molecule has 1 saturated heterocycles. The van der Waals surface area contributed by atoms with Crippen molar-refractivity contribution in [3.8, 4) is 0 Å². The average molecular weight is 222 g/mol. The van der Waals surface area contributed by atoms with Gasteiger partial charge in [-0.1, -0.05) is 0 Å². The highest BCUT2D eigenvalue weighted by Crippen LogP contribution is 2.11. The van der Waals surface area contributed by atoms with E-state index in [2.05, 4.69) is 5.32 Å². The Morgan fingerprint density at radius 2 is 2.14 bits per heavy atom. The Balaban J connectivity index is 2.14. The van der Waals surface area contributed by atoms with Gasteiger partial charge in [0, 0.05) is 25.7 Å². The molecule has 1 rings (SSSR count). The summed E-state index contributed by atoms with van der Waals surface area (Å²) in [5.41, 5.74) is 0. The molecule has 0 spiro atoms. The van der Waals surface area contributed by atoms with Gasteiger partial charge in [0.25, 0.3) is 0 Å². The molecule has 0 aromatic heterocycles. The predicted octanol–water partition coefficient (Wildman–Crippen LogP) is -1.31. The fourth-order valence-electron chi connectivity index (χ4n) is 1.22. The van der Waals surface area contributed by atoms with E-state index in [9.17, 15) is 13.2 Å². The maximum absolute atomic E-state index is 10.9. The molecule has 0 aromatic carbocycles. The van der Waals surface area contributed by atoms with Crippen molar-refractivity contribution in [2.75, 3.05) is 25.9 Å². The maximum atomic E-state index is 10.9. The van der Waals surface area contributed by atoms with Crippen LogP contribution in [0, 0.1) is 0 Å². The molecular formula is C7H14N2O4S. The van der Waals surface area contributed by atoms with Gasteiger partial charge in [-0.3, -0.25) is 4.79 Å². The van der Waals surface area contributed by atoms with E-state index in [1.807, 2.05) is 0 Å². The molecule has 1 heterocycles. The van der Waals surface area contributed by atoms with E-state index in [1.54, 1.807) is 0 Å². The molecule has 0 saturated carbocycles. The van der Waals surface area contributed by atoms with Crippen LogP contribution in [0.25, 0.3) is 0 Å². The van der Waals surface area contributed by atoms with Gasteiger partial charge < -0.3 is 10.4 Å². The van der Waals surface area contributed by atoms with Crippen molar-refractivity contribution in [3.63, 3.8) is 0 Å². The number of nitrogens with zero attached hydrogens (tertiary/aromatic N) is 1. The molecule has 6 nitrogen and oxygen atoms in total. The minimum Gasteiger partial charge on any atom is -0.481 e. The number of sulfonamides is 1. The van der Waals surface area contributed by atoms with Gasteiger partial charge in [-0.2, -0.15) is 4.31 Å². The van der Waals surface area contributed by atoms with E-state index in [-0.39, 0.29) is 12.5 Å². The maximum Gasteiger partial charge on any atom is 0.304 e. The molecule has 0 radical (unpaired) electrons. The summed E-state index contributed by atoms with van der Waals surface area (Å²) in [5, 5.41) is 11.3. The summed E-state index contributed by atoms with van der Waals surface area (Å²) in [6, 6.07) is 0.101. The van der Waals surface area contributed by atoms with Gasteiger partial charge in [0.1, 0.15) is 0 Å². The van der Waals surface area contributed by atoms with Crippen LogP contribution in [0.5, 0.6) is 0 Å². The van der Waals surface area contributed by atoms with Crippen molar-refractivity contribution in [2.24, 2.45) is 0 Å². The van der Waals surface area contributed by atoms with Gasteiger partial charge in [0.15, 0.2) is 0 Å². The molecule has 0 bridgehead atoms. The number of nitrogens with one attached hydrogen (secondary N) is 1. The summed E-state index contributed by atoms with van der Waals surface area (Å²) in [4.78, 5) is 10.2. The smallest absolute Gasteiger partial charge is 0.304 e. The zero-order valence-electron chi connectivity index (χ0n) is 7.93. The van der Waals surface area contributed by atoms with Crippen LogP contribution in [0.3, 0.4) is 0 Å². The summed E-state index contributed by atoms with van der Waals surface area (Å²) in [7, 11) is -3.06. The minimum absolute atomic E-state index is 0.0649. The highest BCUT2D eigenvalue weighted by atomic mass is 32.2. The summed E-state index contributed by atoms with van der Waals surface area (Å²) in [6.07, 6.45) is 1.23. The molecule has 7 heteroatoms. The number of hydrogen-bond donors (Lipinski definition) is 2. The Kier molecular flexibility index (Phi) is 3.46. The van der Waals surface area contributed by atoms with Crippen LogP contribution < -0.4 is 5.32 Å². The molecule has 0 atom stereocenters. The molecule has 0 aromatic rings. The van der Waals surface area contributed by atoms with Crippen molar-refractivity contribution >= 4 is 16.0 Å². The number of rotatable bonds is 5. The lowest BCUT2D eigenvalue weighted by Gasteiger charge is -2.37. The van der Waals surface area contributed by atoms with Crippen LogP contribution in [-0.2, 0) is 14.8 Å². The molecule has 2 N–H and O–H groups in total. The summed E-state index contributed by atoms with van der Waals surface area (Å²) < 4.78 is 23.2. The zero-order valence-corrected chi connectivity index (χ0v) is 8.75. The molecule has 1 aliphatic rings. The molecule has 0 unspecified atom stereocenters. The van der Waals surface area contributed by atoms with E-state index in [0.717, 1.165) is 0 Å². The molecule has 1 aliphatic heterocycles. The van der Waals surface area contributed by atoms with Crippen LogP contribution in [0.15, 0.2) is 0 Å². The monoisotopic (exact) mass is 222 g/mol. The second-order valence-corrected chi connectivity index (χ2v) is 5.36. The van der Waals surface area contributed by atoms with Crippen LogP contribution in [0.2, 0.25) is 0 Å². The van der Waals surface area contributed by atoms with Gasteiger partial charge in [-0.15, -0.1) is 0 Å². The van der Waals surface area contributed by atoms with Crippen molar-refractivity contribution in [1.29, 1.82) is 0 Å². The lowest BCUT2D eigenvalue weighted by Crippen LogP contribution is -2.59. The quantitative estimate of drug-likeness (QED) is 0.603. The summed E-state index contributed by atoms with van der Waals surface area (Å²) in [6.45, 7) is 1.27. The average Bonchev–Trinajstić information content (AvgIpc) is 1.90. The largest absolute Gasteiger partial charge is 0.481 e. The standard InChI is InChI=1S/C7H14N2O4S/c1-14(12,13)9-4-6(5-9)8-3-2-7(10)11/h6,8H,2-5H2,1H3,(H,10,11). The van der Waals surface area contributed by atoms with Crippen molar-refractivity contribution in [3.05, 3.63) is 0 Å². The first kappa shape index (κ1) is 11.4. The Hall–Kier alpha value is -0.660. The zero-order chi connectivity index (χ0) is 10.8. The van der Waals surface area contributed by atoms with E-state index in [0.29, 0.717) is 19.6 Å². The number of carbonyl (C=O) groups is 1. The van der Waals surface area contributed by atoms with E-state index < -0.39 is 16.0 Å². The number of carboxylic acid groups (broad SMARTS) is 1. The van der Waals surface area contributed by atoms with E-state index in [4.69, 9.17) is 5.11 Å². The van der Waals surface area contributed by atoms with Crippen molar-refractivity contribution in [1.82, 2.24) is 9.62 Å². The summed E-state index contributed by atoms with van der Waals surface area (Å²) in [5.74, 6) is -0.850. The minimum atomic E-state index is -3.06. The van der Waals surface area contributed by atoms with Gasteiger partial charge >= 0.3 is 5.97 Å². The van der Waals surface area contributed by atoms with Crippen LogP contribution in [-0.4, -0.2) is 55.7 Å². The Labute approximate surface area is 82.9 Å². The van der Waals surface area contributed by atoms with E-state index in [1.165, 1.54) is 10.6 Å². The molecule has 0 aliphatic carbocycles. The molecule has 0 amide bonds. The first-order chi connectivity index (χ1) is 6.39. The second-order valence-electron chi connectivity index (χ2n) is 3.37. The highest BCUT2D eigenvalue weighted by molar-refractivity contribution is 7.88. The summed E-state index contributed by atoms with van der Waals surface area (Å²) >= 11 is 0. The lowest BCUT2D eigenvalue weighted by molar-refractivity contribution is -0.136. The molecule has 82 valence electrons. The van der Waals surface area contributed by atoms with E-state index >= 15 is 0 Å². The highest BCUT2D eigenvalue weighted by Gasteiger charge is 2.32. The van der Waals surface area contributed by atoms with Gasteiger partial charge in [0.05, 0.1) is 12.7 Å². The van der Waals surface area contributed by atoms with Gasteiger partial charge in [0.2, 0.25) is 10.0 Å². The Morgan fingerprint density at radius 3 is 2.57 bits per heavy atom. The third kappa shape index (κ3) is 3.24. The van der Waals surface area contributed by atoms with Crippen LogP contribution in [0.4, 0.5) is 0 Å². The fraction of sp³-hybridized carbons (Fsp3) is 0.857. The van der Waals surface area contributed by atoms with Gasteiger partial charge in [-0.25, -0.2) is 8.42 Å². The lowest BCUT2D eigenvalue weighted by atomic mass is 10.2. The first-order valence-electron chi connectivity index (χ1n) is 4.30. The number of hydrogen-bond acceptors (Lipinski definition) is 4. The van der Waals surface area contributed by atoms with Crippen LogP contribution >= 0.6 is 0 Å². The van der Waals surface area contributed by atoms with Gasteiger partial charge in [-0.05, 0) is 0 Å². The SMILES string of the molecule is CS(=O)(=O)N1CC(NCCC(=O)O)C1. The fourth-order valence-corrected chi connectivity index (χ4v) is 2.12. The molecule has 1 fully saturated rings. The Morgan fingerprint density at radius 1 is 1.57 bits per heavy atom. The predicted molar refractivity (Wildman–Crippen MR) is 50.5 cm³/mol. The molecule has 14 heavy (non-hydrogen) atoms. The Bertz CT molecular complexity index is 308. The third-order valence-electron chi connectivity index (χ3n) is 2.09. The van der Waals surface area contributed by atoms with Crippen molar-refractivity contribution < 1.29 is 18.3 Å². The topological polar surface area (TPSA) is 86.7 Å². The van der Waals surface area contributed by atoms with Crippen LogP contribution in [0.1, 0.15) is 6.42 Å². The normalized spacial score (nSPS) is 19.2. The number of carboxylic acids is 1. The molecular weight excluding hydrogens is 208 g/mol. The second kappa shape index (κ2) is 4.24.